The van der Waals surface area contributed by atoms with E-state index in [9.17, 15) is 0 Å². The van der Waals surface area contributed by atoms with Gasteiger partial charge in [-0.05, 0) is 17.8 Å². The fourth-order valence-electron chi connectivity index (χ4n) is 1.52. The molecule has 0 heteroatoms. The van der Waals surface area contributed by atoms with Gasteiger partial charge in [0.05, 0.1) is 0 Å². The zero-order valence-corrected chi connectivity index (χ0v) is 5.04. The van der Waals surface area contributed by atoms with Gasteiger partial charge in [-0.25, -0.2) is 0 Å². The van der Waals surface area contributed by atoms with Crippen LogP contribution in [0.3, 0.4) is 0 Å². The molecule has 0 aromatic carbocycles. The van der Waals surface area contributed by atoms with Crippen molar-refractivity contribution in [3.05, 3.63) is 24.3 Å². The third-order valence-electron chi connectivity index (χ3n) is 2.30. The summed E-state index contributed by atoms with van der Waals surface area (Å²) in [5, 5.41) is 0. The number of fused-ring (bicyclic) bond motifs is 1. The molecule has 1 saturated carbocycles. The molecule has 42 valence electrons. The van der Waals surface area contributed by atoms with E-state index in [4.69, 9.17) is 0 Å². The molecule has 2 atom stereocenters. The lowest BCUT2D eigenvalue weighted by Gasteiger charge is -1.87. The molecule has 1 fully saturated rings. The van der Waals surface area contributed by atoms with Crippen LogP contribution in [0.5, 0.6) is 0 Å². The molecular weight excluding hydrogens is 96.1 g/mol. The minimum Gasteiger partial charge on any atom is -0.0805 e. The Kier molecular flexibility index (Phi) is 0.682. The first-order valence-corrected chi connectivity index (χ1v) is 3.24. The Bertz CT molecular complexity index is 135. The third-order valence-corrected chi connectivity index (χ3v) is 2.30. The Balaban J connectivity index is 2.23. The highest BCUT2D eigenvalue weighted by molar-refractivity contribution is 5.24. The van der Waals surface area contributed by atoms with Crippen LogP contribution in [0.2, 0.25) is 0 Å². The average molecular weight is 106 g/mol. The molecule has 0 N–H and O–H groups in total. The minimum absolute atomic E-state index is 0.903. The highest BCUT2D eigenvalue weighted by Gasteiger charge is 2.43. The highest BCUT2D eigenvalue weighted by Crippen LogP contribution is 2.49. The van der Waals surface area contributed by atoms with Gasteiger partial charge in [-0.3, -0.25) is 0 Å². The Morgan fingerprint density at radius 1 is 1.00 bits per heavy atom. The van der Waals surface area contributed by atoms with Crippen LogP contribution in [0.15, 0.2) is 24.3 Å². The van der Waals surface area contributed by atoms with E-state index in [-0.39, 0.29) is 0 Å². The number of allylic oxidation sites excluding steroid dienone is 4. The summed E-state index contributed by atoms with van der Waals surface area (Å²) in [5.74, 6) is 2.74. The molecule has 0 aromatic rings. The third kappa shape index (κ3) is 0.405. The lowest BCUT2D eigenvalue weighted by molar-refractivity contribution is 0.885. The summed E-state index contributed by atoms with van der Waals surface area (Å²) in [6, 6.07) is 0. The van der Waals surface area contributed by atoms with E-state index in [1.54, 1.807) is 0 Å². The van der Waals surface area contributed by atoms with Gasteiger partial charge in [0.25, 0.3) is 0 Å². The van der Waals surface area contributed by atoms with Gasteiger partial charge in [0.15, 0.2) is 0 Å². The van der Waals surface area contributed by atoms with Gasteiger partial charge in [0.2, 0.25) is 0 Å². The summed E-state index contributed by atoms with van der Waals surface area (Å²) in [6.45, 7) is 2.31. The summed E-state index contributed by atoms with van der Waals surface area (Å²) in [7, 11) is 0. The highest BCUT2D eigenvalue weighted by atomic mass is 14.5. The van der Waals surface area contributed by atoms with Crippen LogP contribution in [-0.4, -0.2) is 0 Å². The normalized spacial score (nSPS) is 48.9. The van der Waals surface area contributed by atoms with Gasteiger partial charge >= 0.3 is 0 Å². The summed E-state index contributed by atoms with van der Waals surface area (Å²) in [4.78, 5) is 0. The summed E-state index contributed by atoms with van der Waals surface area (Å²) in [6.07, 6.45) is 8.94. The largest absolute Gasteiger partial charge is 0.0805 e. The standard InChI is InChI=1S/C8H10/c1-6-7-4-2-3-5-8(6)7/h2-8H,1H3. The Hall–Kier alpha value is -0.520. The second-order valence-electron chi connectivity index (χ2n) is 2.78. The smallest absolute Gasteiger partial charge is 0.0133 e. The molecule has 0 heterocycles. The second kappa shape index (κ2) is 1.25. The van der Waals surface area contributed by atoms with Crippen molar-refractivity contribution in [3.63, 3.8) is 0 Å². The molecule has 2 rings (SSSR count). The molecule has 0 aliphatic heterocycles. The molecule has 0 amide bonds. The number of hydrogen-bond acceptors (Lipinski definition) is 0. The number of rotatable bonds is 0. The van der Waals surface area contributed by atoms with E-state index in [1.165, 1.54) is 0 Å². The monoisotopic (exact) mass is 106 g/mol. The number of hydrogen-bond donors (Lipinski definition) is 0. The zero-order valence-electron chi connectivity index (χ0n) is 5.04. The molecule has 0 saturated heterocycles. The van der Waals surface area contributed by atoms with Crippen LogP contribution in [0.1, 0.15) is 6.92 Å². The first kappa shape index (κ1) is 4.37. The lowest BCUT2D eigenvalue weighted by Crippen LogP contribution is -1.74. The van der Waals surface area contributed by atoms with Crippen molar-refractivity contribution in [2.24, 2.45) is 17.8 Å². The van der Waals surface area contributed by atoms with E-state index in [1.807, 2.05) is 0 Å². The van der Waals surface area contributed by atoms with Crippen LogP contribution >= 0.6 is 0 Å². The van der Waals surface area contributed by atoms with E-state index < -0.39 is 0 Å². The Morgan fingerprint density at radius 2 is 1.50 bits per heavy atom. The van der Waals surface area contributed by atoms with E-state index in [0.29, 0.717) is 0 Å². The minimum atomic E-state index is 0.903. The fraction of sp³-hybridized carbons (Fsp3) is 0.500. The van der Waals surface area contributed by atoms with E-state index in [0.717, 1.165) is 17.8 Å². The fourth-order valence-corrected chi connectivity index (χ4v) is 1.52. The van der Waals surface area contributed by atoms with Crippen molar-refractivity contribution in [2.45, 2.75) is 6.92 Å². The first-order valence-electron chi connectivity index (χ1n) is 3.24. The predicted molar refractivity (Wildman–Crippen MR) is 34.4 cm³/mol. The molecule has 0 spiro atoms. The van der Waals surface area contributed by atoms with Crippen molar-refractivity contribution >= 4 is 0 Å². The molecule has 0 aromatic heterocycles. The summed E-state index contributed by atoms with van der Waals surface area (Å²) < 4.78 is 0. The van der Waals surface area contributed by atoms with Gasteiger partial charge in [-0.2, -0.15) is 0 Å². The maximum absolute atomic E-state index is 2.31. The van der Waals surface area contributed by atoms with Crippen LogP contribution in [0, 0.1) is 17.8 Å². The molecule has 2 aliphatic carbocycles. The maximum atomic E-state index is 2.31. The Morgan fingerprint density at radius 3 is 1.88 bits per heavy atom. The van der Waals surface area contributed by atoms with E-state index >= 15 is 0 Å². The molecule has 2 unspecified atom stereocenters. The quantitative estimate of drug-likeness (QED) is 0.443. The lowest BCUT2D eigenvalue weighted by atomic mass is 10.2. The molecule has 2 aliphatic rings. The average Bonchev–Trinajstić information content (AvgIpc) is 2.46. The summed E-state index contributed by atoms with van der Waals surface area (Å²) >= 11 is 0. The predicted octanol–water partition coefficient (Wildman–Crippen LogP) is 1.99. The van der Waals surface area contributed by atoms with E-state index in [2.05, 4.69) is 31.2 Å². The SMILES string of the molecule is CC1C2C=CC=CC12. The van der Waals surface area contributed by atoms with Crippen LogP contribution < -0.4 is 0 Å². The molecule has 0 bridgehead atoms. The van der Waals surface area contributed by atoms with Crippen LogP contribution in [-0.2, 0) is 0 Å². The van der Waals surface area contributed by atoms with Gasteiger partial charge < -0.3 is 0 Å². The van der Waals surface area contributed by atoms with Crippen molar-refractivity contribution in [1.29, 1.82) is 0 Å². The molecule has 0 radical (unpaired) electrons. The van der Waals surface area contributed by atoms with Gasteiger partial charge in [-0.1, -0.05) is 31.2 Å². The van der Waals surface area contributed by atoms with Crippen LogP contribution in [0.4, 0.5) is 0 Å². The molecule has 0 nitrogen and oxygen atoms in total. The van der Waals surface area contributed by atoms with Gasteiger partial charge in [-0.15, -0.1) is 0 Å². The van der Waals surface area contributed by atoms with Crippen LogP contribution in [0.25, 0.3) is 0 Å². The first-order chi connectivity index (χ1) is 3.89. The Labute approximate surface area is 49.9 Å². The van der Waals surface area contributed by atoms with Crippen molar-refractivity contribution in [2.75, 3.05) is 0 Å². The molecular formula is C8H10. The van der Waals surface area contributed by atoms with Gasteiger partial charge in [0.1, 0.15) is 0 Å². The topological polar surface area (TPSA) is 0 Å². The van der Waals surface area contributed by atoms with Crippen molar-refractivity contribution < 1.29 is 0 Å². The summed E-state index contributed by atoms with van der Waals surface area (Å²) in [5.41, 5.74) is 0. The zero-order chi connectivity index (χ0) is 5.56. The second-order valence-corrected chi connectivity index (χ2v) is 2.78. The van der Waals surface area contributed by atoms with Crippen molar-refractivity contribution in [3.8, 4) is 0 Å². The van der Waals surface area contributed by atoms with Crippen molar-refractivity contribution in [1.82, 2.24) is 0 Å². The maximum Gasteiger partial charge on any atom is -0.0133 e. The van der Waals surface area contributed by atoms with Gasteiger partial charge in [0, 0.05) is 0 Å². The molecule has 8 heavy (non-hydrogen) atoms.